The number of benzene rings is 3. The van der Waals surface area contributed by atoms with Crippen LogP contribution in [0.15, 0.2) is 79.3 Å². The molecule has 0 unspecified atom stereocenters. The van der Waals surface area contributed by atoms with Crippen molar-refractivity contribution in [3.63, 3.8) is 0 Å². The average Bonchev–Trinajstić information content (AvgIpc) is 3.37. The first kappa shape index (κ1) is 26.6. The molecule has 202 valence electrons. The normalized spacial score (nSPS) is 10.8. The molecular weight excluding hydrogens is 502 g/mol. The molecule has 0 amide bonds. The minimum atomic E-state index is 0.372. The second-order valence-corrected chi connectivity index (χ2v) is 9.46. The van der Waals surface area contributed by atoms with E-state index >= 15 is 0 Å². The average molecular weight is 534 g/mol. The van der Waals surface area contributed by atoms with E-state index in [1.54, 1.807) is 26.5 Å². The number of pyridine rings is 1. The fourth-order valence-electron chi connectivity index (χ4n) is 4.66. The second kappa shape index (κ2) is 11.8. The van der Waals surface area contributed by atoms with E-state index in [1.165, 1.54) is 0 Å². The molecule has 40 heavy (non-hydrogen) atoms. The van der Waals surface area contributed by atoms with Gasteiger partial charge in [-0.3, -0.25) is 0 Å². The maximum absolute atomic E-state index is 9.28. The van der Waals surface area contributed by atoms with Gasteiger partial charge in [-0.1, -0.05) is 31.2 Å². The van der Waals surface area contributed by atoms with E-state index in [0.29, 0.717) is 36.7 Å². The lowest BCUT2D eigenvalue weighted by molar-refractivity contribution is 0.414. The summed E-state index contributed by atoms with van der Waals surface area (Å²) in [7, 11) is 5.31. The third kappa shape index (κ3) is 5.69. The number of imidazole rings is 1. The van der Waals surface area contributed by atoms with Crippen molar-refractivity contribution >= 4 is 16.7 Å². The number of nitriles is 1. The van der Waals surface area contributed by atoms with Crippen molar-refractivity contribution in [3.05, 3.63) is 102 Å². The minimum Gasteiger partial charge on any atom is -0.497 e. The van der Waals surface area contributed by atoms with Gasteiger partial charge >= 0.3 is 0 Å². The molecule has 0 atom stereocenters. The third-order valence-electron chi connectivity index (χ3n) is 6.86. The monoisotopic (exact) mass is 533 g/mol. The molecule has 2 aromatic heterocycles. The fourth-order valence-corrected chi connectivity index (χ4v) is 4.66. The summed E-state index contributed by atoms with van der Waals surface area (Å²) < 4.78 is 19.1. The van der Waals surface area contributed by atoms with Crippen molar-refractivity contribution < 1.29 is 14.2 Å². The Morgan fingerprint density at radius 2 is 1.48 bits per heavy atom. The van der Waals surface area contributed by atoms with Crippen LogP contribution < -0.4 is 19.1 Å². The van der Waals surface area contributed by atoms with Gasteiger partial charge in [-0.2, -0.15) is 5.26 Å². The van der Waals surface area contributed by atoms with Crippen LogP contribution in [0, 0.1) is 11.3 Å². The van der Waals surface area contributed by atoms with E-state index in [0.717, 1.165) is 44.9 Å². The van der Waals surface area contributed by atoms with Crippen LogP contribution in [0.5, 0.6) is 23.0 Å². The molecule has 5 aromatic rings. The summed E-state index contributed by atoms with van der Waals surface area (Å²) in [5.74, 6) is 2.93. The Balaban J connectivity index is 1.58. The summed E-state index contributed by atoms with van der Waals surface area (Å²) in [4.78, 5) is 11.3. The number of hydrogen-bond donors (Lipinski definition) is 0. The van der Waals surface area contributed by atoms with Crippen LogP contribution in [0.3, 0.4) is 0 Å². The Hall–Kier alpha value is -5.03. The lowest BCUT2D eigenvalue weighted by Crippen LogP contribution is -2.22. The standard InChI is InChI=1S/C32H31N5O3/c1-5-24-14-25(17-33)34-18-31(24)40-28-15-29-32(35-21-36(29)2)30(16-28)37(19-22-6-10-26(38-3)11-7-22)20-23-8-12-27(39-4)13-9-23/h6-16,18,21H,5,19-20H2,1-4H3. The molecule has 5 rings (SSSR count). The lowest BCUT2D eigenvalue weighted by Gasteiger charge is -2.26. The van der Waals surface area contributed by atoms with Crippen LogP contribution in [-0.2, 0) is 26.6 Å². The van der Waals surface area contributed by atoms with Crippen LogP contribution in [-0.4, -0.2) is 28.8 Å². The Kier molecular flexibility index (Phi) is 7.83. The largest absolute Gasteiger partial charge is 0.497 e. The van der Waals surface area contributed by atoms with Crippen LogP contribution in [0.2, 0.25) is 0 Å². The number of aromatic nitrogens is 3. The number of ether oxygens (including phenoxy) is 3. The second-order valence-electron chi connectivity index (χ2n) is 9.46. The molecule has 8 nitrogen and oxygen atoms in total. The van der Waals surface area contributed by atoms with E-state index in [1.807, 2.05) is 61.3 Å². The predicted octanol–water partition coefficient (Wildman–Crippen LogP) is 6.42. The Morgan fingerprint density at radius 1 is 0.850 bits per heavy atom. The topological polar surface area (TPSA) is 85.4 Å². The highest BCUT2D eigenvalue weighted by atomic mass is 16.5. The van der Waals surface area contributed by atoms with E-state index in [2.05, 4.69) is 40.2 Å². The Bertz CT molecular complexity index is 1600. The molecule has 0 radical (unpaired) electrons. The maximum Gasteiger partial charge on any atom is 0.148 e. The van der Waals surface area contributed by atoms with Crippen LogP contribution >= 0.6 is 0 Å². The number of anilines is 1. The quantitative estimate of drug-likeness (QED) is 0.205. The van der Waals surface area contributed by atoms with E-state index in [4.69, 9.17) is 19.2 Å². The summed E-state index contributed by atoms with van der Waals surface area (Å²) in [5.41, 5.74) is 6.33. The van der Waals surface area contributed by atoms with Crippen LogP contribution in [0.1, 0.15) is 29.3 Å². The highest BCUT2D eigenvalue weighted by Crippen LogP contribution is 2.36. The van der Waals surface area contributed by atoms with Crippen LogP contribution in [0.25, 0.3) is 11.0 Å². The van der Waals surface area contributed by atoms with Crippen molar-refractivity contribution in [2.24, 2.45) is 7.05 Å². The molecule has 3 aromatic carbocycles. The van der Waals surface area contributed by atoms with Gasteiger partial charge in [-0.25, -0.2) is 9.97 Å². The summed E-state index contributed by atoms with van der Waals surface area (Å²) in [5, 5.41) is 9.28. The van der Waals surface area contributed by atoms with Crippen molar-refractivity contribution in [2.75, 3.05) is 19.1 Å². The zero-order chi connectivity index (χ0) is 28.1. The first-order valence-corrected chi connectivity index (χ1v) is 13.0. The van der Waals surface area contributed by atoms with Gasteiger partial charge in [-0.15, -0.1) is 0 Å². The van der Waals surface area contributed by atoms with Crippen LogP contribution in [0.4, 0.5) is 5.69 Å². The third-order valence-corrected chi connectivity index (χ3v) is 6.86. The molecule has 0 saturated carbocycles. The minimum absolute atomic E-state index is 0.372. The summed E-state index contributed by atoms with van der Waals surface area (Å²) >= 11 is 0. The maximum atomic E-state index is 9.28. The summed E-state index contributed by atoms with van der Waals surface area (Å²) in [6.45, 7) is 3.32. The summed E-state index contributed by atoms with van der Waals surface area (Å²) in [6, 6.07) is 24.1. The number of methoxy groups -OCH3 is 2. The number of nitrogens with zero attached hydrogens (tertiary/aromatic N) is 5. The van der Waals surface area contributed by atoms with Gasteiger partial charge in [0.15, 0.2) is 0 Å². The Labute approximate surface area is 234 Å². The molecule has 0 spiro atoms. The van der Waals surface area contributed by atoms with Gasteiger partial charge in [0.05, 0.1) is 37.9 Å². The summed E-state index contributed by atoms with van der Waals surface area (Å²) in [6.07, 6.45) is 4.16. The van der Waals surface area contributed by atoms with Gasteiger partial charge in [0, 0.05) is 32.3 Å². The molecular formula is C32H31N5O3. The van der Waals surface area contributed by atoms with Gasteiger partial charge in [0.1, 0.15) is 40.3 Å². The van der Waals surface area contributed by atoms with Gasteiger partial charge < -0.3 is 23.7 Å². The first-order valence-electron chi connectivity index (χ1n) is 13.0. The number of fused-ring (bicyclic) bond motifs is 1. The lowest BCUT2D eigenvalue weighted by atomic mass is 10.1. The number of hydrogen-bond acceptors (Lipinski definition) is 7. The highest BCUT2D eigenvalue weighted by Gasteiger charge is 2.18. The fraction of sp³-hybridized carbons (Fsp3) is 0.219. The molecule has 2 heterocycles. The first-order chi connectivity index (χ1) is 19.5. The van der Waals surface area contributed by atoms with E-state index < -0.39 is 0 Å². The van der Waals surface area contributed by atoms with Crippen molar-refractivity contribution in [1.82, 2.24) is 14.5 Å². The molecule has 0 aliphatic carbocycles. The van der Waals surface area contributed by atoms with Gasteiger partial charge in [0.25, 0.3) is 0 Å². The van der Waals surface area contributed by atoms with Crippen molar-refractivity contribution in [1.29, 1.82) is 5.26 Å². The molecule has 0 N–H and O–H groups in total. The van der Waals surface area contributed by atoms with E-state index in [-0.39, 0.29) is 0 Å². The van der Waals surface area contributed by atoms with Gasteiger partial charge in [0.2, 0.25) is 0 Å². The smallest absolute Gasteiger partial charge is 0.148 e. The molecule has 0 aliphatic rings. The molecule has 8 heteroatoms. The number of aryl methyl sites for hydroxylation is 2. The highest BCUT2D eigenvalue weighted by molar-refractivity contribution is 5.90. The predicted molar refractivity (Wildman–Crippen MR) is 155 cm³/mol. The molecule has 0 saturated heterocycles. The van der Waals surface area contributed by atoms with E-state index in [9.17, 15) is 5.26 Å². The Morgan fingerprint density at radius 3 is 2.02 bits per heavy atom. The van der Waals surface area contributed by atoms with Crippen molar-refractivity contribution in [3.8, 4) is 29.1 Å². The SMILES string of the molecule is CCc1cc(C#N)ncc1Oc1cc(N(Cc2ccc(OC)cc2)Cc2ccc(OC)cc2)c2ncn(C)c2c1. The number of rotatable bonds is 10. The van der Waals surface area contributed by atoms with Gasteiger partial charge in [-0.05, 0) is 53.4 Å². The zero-order valence-electron chi connectivity index (χ0n) is 23.1. The zero-order valence-corrected chi connectivity index (χ0v) is 23.1. The molecule has 0 bridgehead atoms. The molecule has 0 fully saturated rings. The molecule has 0 aliphatic heterocycles. The van der Waals surface area contributed by atoms with Crippen molar-refractivity contribution in [2.45, 2.75) is 26.4 Å².